The van der Waals surface area contributed by atoms with Crippen LogP contribution in [0.25, 0.3) is 10.2 Å². The summed E-state index contributed by atoms with van der Waals surface area (Å²) in [5.74, 6) is 7.11. The number of anilines is 1. The predicted molar refractivity (Wildman–Crippen MR) is 91.6 cm³/mol. The van der Waals surface area contributed by atoms with Gasteiger partial charge in [-0.15, -0.1) is 11.3 Å². The third kappa shape index (κ3) is 2.79. The maximum absolute atomic E-state index is 5.63. The number of benzene rings is 1. The van der Waals surface area contributed by atoms with E-state index in [0.717, 1.165) is 20.5 Å². The zero-order valence-electron chi connectivity index (χ0n) is 11.8. The van der Waals surface area contributed by atoms with E-state index in [9.17, 15) is 0 Å². The third-order valence-electron chi connectivity index (χ3n) is 3.49. The van der Waals surface area contributed by atoms with Crippen LogP contribution in [0.1, 0.15) is 21.8 Å². The van der Waals surface area contributed by atoms with Crippen molar-refractivity contribution in [3.05, 3.63) is 50.6 Å². The molecular formula is C15H15BrN4S. The maximum Gasteiger partial charge on any atom is 0.152 e. The molecule has 3 N–H and O–H groups in total. The first kappa shape index (κ1) is 14.4. The van der Waals surface area contributed by atoms with Crippen molar-refractivity contribution in [3.63, 3.8) is 0 Å². The van der Waals surface area contributed by atoms with E-state index in [2.05, 4.69) is 57.3 Å². The highest BCUT2D eigenvalue weighted by molar-refractivity contribution is 9.10. The Morgan fingerprint density at radius 2 is 1.90 bits per heavy atom. The highest BCUT2D eigenvalue weighted by atomic mass is 79.9. The van der Waals surface area contributed by atoms with Crippen molar-refractivity contribution in [3.8, 4) is 0 Å². The van der Waals surface area contributed by atoms with Crippen molar-refractivity contribution in [1.29, 1.82) is 0 Å². The predicted octanol–water partition coefficient (Wildman–Crippen LogP) is 3.95. The van der Waals surface area contributed by atoms with E-state index >= 15 is 0 Å². The van der Waals surface area contributed by atoms with E-state index in [4.69, 9.17) is 5.84 Å². The molecule has 3 rings (SSSR count). The molecule has 0 saturated heterocycles. The smallest absolute Gasteiger partial charge is 0.152 e. The lowest BCUT2D eigenvalue weighted by molar-refractivity contribution is 0.992. The number of hydrogen-bond acceptors (Lipinski definition) is 5. The fraction of sp³-hybridized carbons (Fsp3) is 0.200. The van der Waals surface area contributed by atoms with Crippen molar-refractivity contribution in [2.24, 2.45) is 5.84 Å². The average molecular weight is 363 g/mol. The van der Waals surface area contributed by atoms with Crippen molar-refractivity contribution in [2.75, 3.05) is 5.43 Å². The van der Waals surface area contributed by atoms with Gasteiger partial charge in [-0.2, -0.15) is 0 Å². The van der Waals surface area contributed by atoms with E-state index in [1.807, 2.05) is 12.1 Å². The molecule has 0 spiro atoms. The monoisotopic (exact) mass is 362 g/mol. The van der Waals surface area contributed by atoms with Crippen LogP contribution in [0.5, 0.6) is 0 Å². The molecule has 0 fully saturated rings. The van der Waals surface area contributed by atoms with Crippen LogP contribution < -0.4 is 11.3 Å². The lowest BCUT2D eigenvalue weighted by atomic mass is 10.1. The fourth-order valence-corrected chi connectivity index (χ4v) is 3.57. The molecule has 3 aromatic rings. The Morgan fingerprint density at radius 3 is 2.57 bits per heavy atom. The number of nitrogens with two attached hydrogens (primary N) is 1. The molecule has 0 aliphatic carbocycles. The Kier molecular flexibility index (Phi) is 3.93. The summed E-state index contributed by atoms with van der Waals surface area (Å²) in [4.78, 5) is 11.5. The van der Waals surface area contributed by atoms with Gasteiger partial charge in [-0.3, -0.25) is 0 Å². The first-order valence-electron chi connectivity index (χ1n) is 6.56. The van der Waals surface area contributed by atoms with Gasteiger partial charge in [0.1, 0.15) is 10.7 Å². The zero-order valence-corrected chi connectivity index (χ0v) is 14.2. The highest BCUT2D eigenvalue weighted by Gasteiger charge is 2.14. The summed E-state index contributed by atoms with van der Waals surface area (Å²) in [6, 6.07) is 8.18. The molecule has 2 aromatic heterocycles. The highest BCUT2D eigenvalue weighted by Crippen LogP contribution is 2.33. The number of nitrogens with zero attached hydrogens (tertiary/aromatic N) is 2. The van der Waals surface area contributed by atoms with Crippen LogP contribution >= 0.6 is 27.3 Å². The van der Waals surface area contributed by atoms with E-state index < -0.39 is 0 Å². The Balaban J connectivity index is 2.05. The topological polar surface area (TPSA) is 63.8 Å². The Bertz CT molecular complexity index is 796. The number of fused-ring (bicyclic) bond motifs is 1. The largest absolute Gasteiger partial charge is 0.308 e. The molecule has 1 aromatic carbocycles. The van der Waals surface area contributed by atoms with Gasteiger partial charge in [0.25, 0.3) is 0 Å². The lowest BCUT2D eigenvalue weighted by Crippen LogP contribution is -2.11. The number of hydrogen-bond donors (Lipinski definition) is 2. The molecular weight excluding hydrogens is 348 g/mol. The summed E-state index contributed by atoms with van der Waals surface area (Å²) in [5.41, 5.74) is 5.07. The summed E-state index contributed by atoms with van der Waals surface area (Å²) in [6.45, 7) is 4.17. The van der Waals surface area contributed by atoms with Crippen LogP contribution in [-0.2, 0) is 6.42 Å². The number of halogens is 1. The minimum atomic E-state index is 0.688. The van der Waals surface area contributed by atoms with Gasteiger partial charge in [-0.1, -0.05) is 28.1 Å². The molecule has 2 heterocycles. The normalized spacial score (nSPS) is 11.0. The van der Waals surface area contributed by atoms with Crippen molar-refractivity contribution >= 4 is 43.3 Å². The molecule has 0 amide bonds. The second-order valence-corrected chi connectivity index (χ2v) is 7.02. The molecule has 0 unspecified atom stereocenters. The van der Waals surface area contributed by atoms with E-state index in [1.165, 1.54) is 16.0 Å². The fourth-order valence-electron chi connectivity index (χ4n) is 2.26. The minimum absolute atomic E-state index is 0.688. The number of thiophene rings is 1. The van der Waals surface area contributed by atoms with E-state index in [0.29, 0.717) is 12.2 Å². The van der Waals surface area contributed by atoms with Gasteiger partial charge < -0.3 is 5.43 Å². The van der Waals surface area contributed by atoms with Gasteiger partial charge in [-0.25, -0.2) is 15.8 Å². The lowest BCUT2D eigenvalue weighted by Gasteiger charge is -2.06. The molecule has 21 heavy (non-hydrogen) atoms. The first-order valence-corrected chi connectivity index (χ1v) is 8.17. The molecule has 108 valence electrons. The van der Waals surface area contributed by atoms with E-state index in [-0.39, 0.29) is 0 Å². The van der Waals surface area contributed by atoms with Crippen molar-refractivity contribution in [2.45, 2.75) is 20.3 Å². The Morgan fingerprint density at radius 1 is 1.19 bits per heavy atom. The molecule has 0 radical (unpaired) electrons. The minimum Gasteiger partial charge on any atom is -0.308 e. The summed E-state index contributed by atoms with van der Waals surface area (Å²) in [5, 5.41) is 1.03. The third-order valence-corrected chi connectivity index (χ3v) is 5.12. The van der Waals surface area contributed by atoms with Crippen LogP contribution in [-0.4, -0.2) is 9.97 Å². The van der Waals surface area contributed by atoms with Crippen LogP contribution in [0.15, 0.2) is 28.7 Å². The zero-order chi connectivity index (χ0) is 15.0. The molecule has 0 atom stereocenters. The number of aryl methyl sites for hydroxylation is 2. The second kappa shape index (κ2) is 5.71. The maximum atomic E-state index is 5.63. The number of nitrogens with one attached hydrogen (secondary N) is 1. The average Bonchev–Trinajstić information content (AvgIpc) is 2.76. The van der Waals surface area contributed by atoms with Crippen LogP contribution in [0.3, 0.4) is 0 Å². The molecule has 0 saturated carbocycles. The standard InChI is InChI=1S/C15H15BrN4S/c1-8-9(2)21-15-13(8)14(20-17)18-12(19-15)7-10-3-5-11(16)6-4-10/h3-6H,7,17H2,1-2H3,(H,18,19,20). The Hall–Kier alpha value is -1.50. The summed E-state index contributed by atoms with van der Waals surface area (Å²) < 4.78 is 1.07. The first-order chi connectivity index (χ1) is 10.1. The molecule has 0 aliphatic heterocycles. The number of hydrazine groups is 1. The van der Waals surface area contributed by atoms with Gasteiger partial charge >= 0.3 is 0 Å². The second-order valence-electron chi connectivity index (χ2n) is 4.90. The number of nitrogen functional groups attached to an aromatic ring is 1. The molecule has 0 bridgehead atoms. The van der Waals surface area contributed by atoms with Gasteiger partial charge in [0, 0.05) is 15.8 Å². The van der Waals surface area contributed by atoms with Crippen molar-refractivity contribution < 1.29 is 0 Å². The van der Waals surface area contributed by atoms with Gasteiger partial charge in [0.2, 0.25) is 0 Å². The molecule has 6 heteroatoms. The van der Waals surface area contributed by atoms with Crippen LogP contribution in [0, 0.1) is 13.8 Å². The SMILES string of the molecule is Cc1sc2nc(Cc3ccc(Br)cc3)nc(NN)c2c1C. The van der Waals surface area contributed by atoms with Gasteiger partial charge in [0.05, 0.1) is 5.39 Å². The molecule has 0 aliphatic rings. The molecule has 4 nitrogen and oxygen atoms in total. The van der Waals surface area contributed by atoms with E-state index in [1.54, 1.807) is 11.3 Å². The summed E-state index contributed by atoms with van der Waals surface area (Å²) in [6.07, 6.45) is 0.688. The van der Waals surface area contributed by atoms with Crippen LogP contribution in [0.2, 0.25) is 0 Å². The summed E-state index contributed by atoms with van der Waals surface area (Å²) in [7, 11) is 0. The van der Waals surface area contributed by atoms with Gasteiger partial charge in [-0.05, 0) is 37.1 Å². The van der Waals surface area contributed by atoms with Crippen molar-refractivity contribution in [1.82, 2.24) is 9.97 Å². The van der Waals surface area contributed by atoms with Crippen LogP contribution in [0.4, 0.5) is 5.82 Å². The number of rotatable bonds is 3. The Labute approximate surface area is 135 Å². The quantitative estimate of drug-likeness (QED) is 0.546. The van der Waals surface area contributed by atoms with Gasteiger partial charge in [0.15, 0.2) is 5.82 Å². The summed E-state index contributed by atoms with van der Waals surface area (Å²) >= 11 is 5.12. The number of aromatic nitrogens is 2.